The van der Waals surface area contributed by atoms with Gasteiger partial charge in [-0.2, -0.15) is 5.26 Å². The van der Waals surface area contributed by atoms with Crippen LogP contribution in [-0.4, -0.2) is 19.2 Å². The summed E-state index contributed by atoms with van der Waals surface area (Å²) in [7, 11) is 0. The van der Waals surface area contributed by atoms with Gasteiger partial charge in [0.2, 0.25) is 5.88 Å². The van der Waals surface area contributed by atoms with Gasteiger partial charge in [-0.05, 0) is 48.7 Å². The first-order valence-electron chi connectivity index (χ1n) is 12.3. The summed E-state index contributed by atoms with van der Waals surface area (Å²) in [6.45, 7) is 7.32. The lowest BCUT2D eigenvalue weighted by Crippen LogP contribution is -2.21. The molecule has 37 heavy (non-hydrogen) atoms. The van der Waals surface area contributed by atoms with Crippen LogP contribution < -0.4 is 24.7 Å². The molecule has 0 fully saturated rings. The Kier molecular flexibility index (Phi) is 7.99. The SMILES string of the molecule is CCCOc1ccccc1C1C(C#N)=C(N)Oc2cc(OC(=O)c3ccc(OCC(C)C)cc3)ccc21. The molecular formula is C30H30N2O5. The number of carbonyl (C=O) groups excluding carboxylic acids is 1. The molecule has 7 nitrogen and oxygen atoms in total. The number of nitrogens with zero attached hydrogens (tertiary/aromatic N) is 1. The molecule has 3 aromatic carbocycles. The summed E-state index contributed by atoms with van der Waals surface area (Å²) in [5.41, 5.74) is 8.38. The van der Waals surface area contributed by atoms with E-state index in [9.17, 15) is 10.1 Å². The molecule has 7 heteroatoms. The summed E-state index contributed by atoms with van der Waals surface area (Å²) in [4.78, 5) is 12.8. The lowest BCUT2D eigenvalue weighted by Gasteiger charge is -2.28. The number of hydrogen-bond donors (Lipinski definition) is 1. The number of benzene rings is 3. The van der Waals surface area contributed by atoms with Gasteiger partial charge in [0, 0.05) is 17.2 Å². The Morgan fingerprint density at radius 1 is 1.03 bits per heavy atom. The number of ether oxygens (including phenoxy) is 4. The number of rotatable bonds is 9. The van der Waals surface area contributed by atoms with Gasteiger partial charge in [-0.25, -0.2) is 4.79 Å². The fourth-order valence-corrected chi connectivity index (χ4v) is 4.00. The van der Waals surface area contributed by atoms with Gasteiger partial charge in [0.05, 0.1) is 24.7 Å². The molecule has 0 aliphatic carbocycles. The molecule has 190 valence electrons. The quantitative estimate of drug-likeness (QED) is 0.287. The normalized spacial score (nSPS) is 14.4. The monoisotopic (exact) mass is 498 g/mol. The van der Waals surface area contributed by atoms with Crippen molar-refractivity contribution < 1.29 is 23.7 Å². The van der Waals surface area contributed by atoms with E-state index in [1.165, 1.54) is 0 Å². The second-order valence-corrected chi connectivity index (χ2v) is 9.13. The first kappa shape index (κ1) is 25.6. The predicted octanol–water partition coefficient (Wildman–Crippen LogP) is 5.95. The van der Waals surface area contributed by atoms with E-state index in [2.05, 4.69) is 19.9 Å². The van der Waals surface area contributed by atoms with E-state index >= 15 is 0 Å². The van der Waals surface area contributed by atoms with Crippen LogP contribution in [0.3, 0.4) is 0 Å². The average molecular weight is 499 g/mol. The zero-order valence-electron chi connectivity index (χ0n) is 21.2. The van der Waals surface area contributed by atoms with E-state index < -0.39 is 11.9 Å². The molecule has 2 N–H and O–H groups in total. The third kappa shape index (κ3) is 5.87. The number of allylic oxidation sites excluding steroid dienone is 1. The predicted molar refractivity (Wildman–Crippen MR) is 140 cm³/mol. The summed E-state index contributed by atoms with van der Waals surface area (Å²) >= 11 is 0. The van der Waals surface area contributed by atoms with E-state index in [1.807, 2.05) is 31.2 Å². The highest BCUT2D eigenvalue weighted by molar-refractivity contribution is 5.91. The lowest BCUT2D eigenvalue weighted by molar-refractivity contribution is 0.0734. The lowest BCUT2D eigenvalue weighted by atomic mass is 9.83. The second kappa shape index (κ2) is 11.5. The van der Waals surface area contributed by atoms with Crippen molar-refractivity contribution in [3.05, 3.63) is 94.9 Å². The molecule has 1 aliphatic heterocycles. The Morgan fingerprint density at radius 2 is 1.76 bits per heavy atom. The van der Waals surface area contributed by atoms with Gasteiger partial charge >= 0.3 is 5.97 Å². The van der Waals surface area contributed by atoms with Crippen LogP contribution in [0, 0.1) is 17.2 Å². The molecule has 0 saturated carbocycles. The summed E-state index contributed by atoms with van der Waals surface area (Å²) in [5.74, 6) is 1.50. The number of carbonyl (C=O) groups is 1. The number of nitriles is 1. The number of esters is 1. The molecule has 1 atom stereocenters. The van der Waals surface area contributed by atoms with E-state index in [0.717, 1.165) is 17.5 Å². The zero-order chi connectivity index (χ0) is 26.4. The maximum absolute atomic E-state index is 12.8. The van der Waals surface area contributed by atoms with E-state index in [4.69, 9.17) is 24.7 Å². The fourth-order valence-electron chi connectivity index (χ4n) is 4.00. The molecule has 0 radical (unpaired) electrons. The van der Waals surface area contributed by atoms with Crippen LogP contribution in [0.1, 0.15) is 54.6 Å². The van der Waals surface area contributed by atoms with Gasteiger partial charge in [-0.1, -0.05) is 45.0 Å². The van der Waals surface area contributed by atoms with E-state index in [0.29, 0.717) is 53.3 Å². The van der Waals surface area contributed by atoms with Crippen molar-refractivity contribution in [3.63, 3.8) is 0 Å². The number of nitrogens with two attached hydrogens (primary N) is 1. The number of fused-ring (bicyclic) bond motifs is 1. The van der Waals surface area contributed by atoms with Crippen molar-refractivity contribution in [2.24, 2.45) is 11.7 Å². The fraction of sp³-hybridized carbons (Fsp3) is 0.267. The number of para-hydroxylation sites is 1. The Morgan fingerprint density at radius 3 is 2.46 bits per heavy atom. The van der Waals surface area contributed by atoms with Crippen LogP contribution in [0.2, 0.25) is 0 Å². The molecule has 0 saturated heterocycles. The van der Waals surface area contributed by atoms with Crippen LogP contribution in [0.5, 0.6) is 23.0 Å². The van der Waals surface area contributed by atoms with Crippen molar-refractivity contribution in [1.29, 1.82) is 5.26 Å². The molecule has 1 unspecified atom stereocenters. The Labute approximate surface area is 217 Å². The van der Waals surface area contributed by atoms with Crippen molar-refractivity contribution in [2.75, 3.05) is 13.2 Å². The largest absolute Gasteiger partial charge is 0.493 e. The zero-order valence-corrected chi connectivity index (χ0v) is 21.2. The third-order valence-electron chi connectivity index (χ3n) is 5.77. The van der Waals surface area contributed by atoms with Crippen LogP contribution in [0.4, 0.5) is 0 Å². The smallest absolute Gasteiger partial charge is 0.343 e. The summed E-state index contributed by atoms with van der Waals surface area (Å²) in [5, 5.41) is 9.88. The molecular weight excluding hydrogens is 468 g/mol. The van der Waals surface area contributed by atoms with Gasteiger partial charge in [-0.15, -0.1) is 0 Å². The number of hydrogen-bond acceptors (Lipinski definition) is 7. The van der Waals surface area contributed by atoms with Gasteiger partial charge < -0.3 is 24.7 Å². The highest BCUT2D eigenvalue weighted by Crippen LogP contribution is 2.46. The molecule has 1 aliphatic rings. The third-order valence-corrected chi connectivity index (χ3v) is 5.77. The van der Waals surface area contributed by atoms with E-state index in [-0.39, 0.29) is 5.88 Å². The highest BCUT2D eigenvalue weighted by atomic mass is 16.5. The Hall–Kier alpha value is -4.44. The average Bonchev–Trinajstić information content (AvgIpc) is 2.90. The topological polar surface area (TPSA) is 104 Å². The van der Waals surface area contributed by atoms with Gasteiger partial charge in [0.25, 0.3) is 0 Å². The Balaban J connectivity index is 1.59. The Bertz CT molecular complexity index is 1340. The first-order valence-corrected chi connectivity index (χ1v) is 12.3. The first-order chi connectivity index (χ1) is 17.9. The summed E-state index contributed by atoms with van der Waals surface area (Å²) < 4.78 is 23.0. The van der Waals surface area contributed by atoms with Crippen LogP contribution >= 0.6 is 0 Å². The van der Waals surface area contributed by atoms with Crippen molar-refractivity contribution >= 4 is 5.97 Å². The van der Waals surface area contributed by atoms with Gasteiger partial charge in [0.15, 0.2) is 0 Å². The molecule has 0 spiro atoms. The van der Waals surface area contributed by atoms with Crippen molar-refractivity contribution in [3.8, 4) is 29.1 Å². The van der Waals surface area contributed by atoms with Crippen LogP contribution in [0.25, 0.3) is 0 Å². The maximum Gasteiger partial charge on any atom is 0.343 e. The molecule has 0 bridgehead atoms. The minimum atomic E-state index is -0.512. The highest BCUT2D eigenvalue weighted by Gasteiger charge is 2.33. The standard InChI is InChI=1S/C30H30N2O5/c1-4-15-34-26-8-6-5-7-23(26)28-24-14-13-22(16-27(24)37-29(32)25(28)17-31)36-30(33)20-9-11-21(12-10-20)35-18-19(2)3/h5-14,16,19,28H,4,15,18,32H2,1-3H3. The van der Waals surface area contributed by atoms with Gasteiger partial charge in [0.1, 0.15) is 34.6 Å². The van der Waals surface area contributed by atoms with Crippen molar-refractivity contribution in [1.82, 2.24) is 0 Å². The molecule has 3 aromatic rings. The molecule has 0 aromatic heterocycles. The summed E-state index contributed by atoms with van der Waals surface area (Å²) in [6.07, 6.45) is 0.851. The minimum Gasteiger partial charge on any atom is -0.493 e. The van der Waals surface area contributed by atoms with Crippen LogP contribution in [-0.2, 0) is 0 Å². The minimum absolute atomic E-state index is 0.00533. The van der Waals surface area contributed by atoms with Crippen LogP contribution in [0.15, 0.2) is 78.2 Å². The molecule has 0 amide bonds. The summed E-state index contributed by atoms with van der Waals surface area (Å²) in [6, 6.07) is 21.6. The van der Waals surface area contributed by atoms with Crippen molar-refractivity contribution in [2.45, 2.75) is 33.1 Å². The van der Waals surface area contributed by atoms with E-state index in [1.54, 1.807) is 42.5 Å². The van der Waals surface area contributed by atoms with Gasteiger partial charge in [-0.3, -0.25) is 0 Å². The molecule has 4 rings (SSSR count). The maximum atomic E-state index is 12.8. The second-order valence-electron chi connectivity index (χ2n) is 9.13. The molecule has 1 heterocycles.